The van der Waals surface area contributed by atoms with Crippen molar-refractivity contribution in [3.8, 4) is 0 Å². The number of thiazole rings is 1. The van der Waals surface area contributed by atoms with Gasteiger partial charge in [-0.2, -0.15) is 11.8 Å². The molecule has 0 spiro atoms. The Hall–Kier alpha value is -0.260. The molecule has 0 amide bonds. The Morgan fingerprint density at radius 1 is 1.35 bits per heavy atom. The van der Waals surface area contributed by atoms with Crippen LogP contribution in [0.1, 0.15) is 24.4 Å². The number of nitrogens with one attached hydrogen (secondary N) is 1. The summed E-state index contributed by atoms with van der Waals surface area (Å²) in [6, 6.07) is 0. The van der Waals surface area contributed by atoms with Gasteiger partial charge in [0.2, 0.25) is 0 Å². The minimum absolute atomic E-state index is 0.704. The Bertz CT molecular complexity index is 368. The highest BCUT2D eigenvalue weighted by Gasteiger charge is 2.24. The van der Waals surface area contributed by atoms with Crippen LogP contribution in [-0.2, 0) is 6.54 Å². The first-order valence-corrected chi connectivity index (χ1v) is 7.87. The maximum Gasteiger partial charge on any atom is 0.185 e. The second-order valence-electron chi connectivity index (χ2n) is 4.70. The topological polar surface area (TPSA) is 28.2 Å². The van der Waals surface area contributed by atoms with Crippen LogP contribution in [0.3, 0.4) is 0 Å². The Kier molecular flexibility index (Phi) is 4.33. The van der Waals surface area contributed by atoms with Crippen LogP contribution in [0.15, 0.2) is 0 Å². The molecule has 0 bridgehead atoms. The average molecular weight is 271 g/mol. The zero-order chi connectivity index (χ0) is 12.4. The molecule has 1 fully saturated rings. The SMILES string of the molecule is CNCc1sc(N2CC(C)SC(C)C2)nc1C. The maximum atomic E-state index is 4.72. The number of hydrogen-bond donors (Lipinski definition) is 1. The molecule has 2 unspecified atom stereocenters. The normalized spacial score (nSPS) is 25.3. The number of aromatic nitrogens is 1. The quantitative estimate of drug-likeness (QED) is 0.914. The van der Waals surface area contributed by atoms with Gasteiger partial charge in [-0.15, -0.1) is 11.3 Å². The highest BCUT2D eigenvalue weighted by atomic mass is 32.2. The molecule has 1 aromatic rings. The van der Waals surface area contributed by atoms with Crippen molar-refractivity contribution in [1.29, 1.82) is 0 Å². The molecule has 1 saturated heterocycles. The molecule has 1 aliphatic rings. The molecule has 1 N–H and O–H groups in total. The fourth-order valence-electron chi connectivity index (χ4n) is 2.21. The van der Waals surface area contributed by atoms with Crippen LogP contribution < -0.4 is 10.2 Å². The molecule has 2 atom stereocenters. The van der Waals surface area contributed by atoms with Gasteiger partial charge in [0.1, 0.15) is 0 Å². The third-order valence-electron chi connectivity index (χ3n) is 2.91. The molecule has 96 valence electrons. The molecular formula is C12H21N3S2. The van der Waals surface area contributed by atoms with Gasteiger partial charge in [0.15, 0.2) is 5.13 Å². The van der Waals surface area contributed by atoms with Crippen LogP contribution in [0.2, 0.25) is 0 Å². The van der Waals surface area contributed by atoms with E-state index >= 15 is 0 Å². The van der Waals surface area contributed by atoms with Crippen molar-refractivity contribution < 1.29 is 0 Å². The van der Waals surface area contributed by atoms with E-state index in [0.29, 0.717) is 10.5 Å². The predicted octanol–water partition coefficient (Wildman–Crippen LogP) is 2.50. The van der Waals surface area contributed by atoms with Crippen LogP contribution in [0.4, 0.5) is 5.13 Å². The van der Waals surface area contributed by atoms with E-state index in [-0.39, 0.29) is 0 Å². The molecule has 0 aliphatic carbocycles. The fraction of sp³-hybridized carbons (Fsp3) is 0.750. The maximum absolute atomic E-state index is 4.72. The fourth-order valence-corrected chi connectivity index (χ4v) is 4.62. The second kappa shape index (κ2) is 5.59. The van der Waals surface area contributed by atoms with Crippen molar-refractivity contribution in [2.75, 3.05) is 25.0 Å². The summed E-state index contributed by atoms with van der Waals surface area (Å²) in [7, 11) is 1.99. The largest absolute Gasteiger partial charge is 0.346 e. The first-order chi connectivity index (χ1) is 8.10. The minimum Gasteiger partial charge on any atom is -0.346 e. The average Bonchev–Trinajstić information content (AvgIpc) is 2.60. The lowest BCUT2D eigenvalue weighted by Gasteiger charge is -2.34. The van der Waals surface area contributed by atoms with Crippen molar-refractivity contribution in [3.05, 3.63) is 10.6 Å². The van der Waals surface area contributed by atoms with Crippen molar-refractivity contribution in [2.24, 2.45) is 0 Å². The Labute approximate surface area is 112 Å². The monoisotopic (exact) mass is 271 g/mol. The highest BCUT2D eigenvalue weighted by molar-refractivity contribution is 8.00. The zero-order valence-corrected chi connectivity index (χ0v) is 12.6. The van der Waals surface area contributed by atoms with Crippen LogP contribution in [0, 0.1) is 6.92 Å². The van der Waals surface area contributed by atoms with Gasteiger partial charge in [-0.1, -0.05) is 13.8 Å². The van der Waals surface area contributed by atoms with E-state index in [1.165, 1.54) is 15.7 Å². The van der Waals surface area contributed by atoms with Gasteiger partial charge in [0.25, 0.3) is 0 Å². The Balaban J connectivity index is 2.13. The van der Waals surface area contributed by atoms with Gasteiger partial charge in [-0.05, 0) is 14.0 Å². The van der Waals surface area contributed by atoms with Crippen molar-refractivity contribution in [3.63, 3.8) is 0 Å². The molecule has 0 radical (unpaired) electrons. The second-order valence-corrected chi connectivity index (χ2v) is 7.64. The summed E-state index contributed by atoms with van der Waals surface area (Å²) in [4.78, 5) is 8.53. The van der Waals surface area contributed by atoms with Crippen molar-refractivity contribution in [2.45, 2.75) is 37.8 Å². The molecular weight excluding hydrogens is 250 g/mol. The van der Waals surface area contributed by atoms with Crippen LogP contribution >= 0.6 is 23.1 Å². The first kappa shape index (κ1) is 13.2. The van der Waals surface area contributed by atoms with E-state index in [4.69, 9.17) is 4.98 Å². The number of anilines is 1. The van der Waals surface area contributed by atoms with Gasteiger partial charge in [-0.25, -0.2) is 4.98 Å². The minimum atomic E-state index is 0.704. The molecule has 2 heterocycles. The summed E-state index contributed by atoms with van der Waals surface area (Å²) >= 11 is 3.92. The molecule has 2 rings (SSSR count). The number of rotatable bonds is 3. The Morgan fingerprint density at radius 3 is 2.59 bits per heavy atom. The molecule has 5 heteroatoms. The highest BCUT2D eigenvalue weighted by Crippen LogP contribution is 2.32. The molecule has 1 aliphatic heterocycles. The number of hydrogen-bond acceptors (Lipinski definition) is 5. The lowest BCUT2D eigenvalue weighted by atomic mass is 10.3. The molecule has 1 aromatic heterocycles. The Morgan fingerprint density at radius 2 is 2.00 bits per heavy atom. The van der Waals surface area contributed by atoms with E-state index in [2.05, 4.69) is 42.7 Å². The first-order valence-electron chi connectivity index (χ1n) is 6.11. The predicted molar refractivity (Wildman–Crippen MR) is 78.3 cm³/mol. The summed E-state index contributed by atoms with van der Waals surface area (Å²) in [5.41, 5.74) is 1.18. The van der Waals surface area contributed by atoms with Gasteiger partial charge in [0, 0.05) is 35.0 Å². The van der Waals surface area contributed by atoms with E-state index in [1.54, 1.807) is 0 Å². The van der Waals surface area contributed by atoms with Crippen LogP contribution in [-0.4, -0.2) is 35.6 Å². The van der Waals surface area contributed by atoms with E-state index < -0.39 is 0 Å². The summed E-state index contributed by atoms with van der Waals surface area (Å²) in [6.07, 6.45) is 0. The number of aryl methyl sites for hydroxylation is 1. The lowest BCUT2D eigenvalue weighted by Crippen LogP contribution is -2.40. The summed E-state index contributed by atoms with van der Waals surface area (Å²) in [5.74, 6) is 0. The van der Waals surface area contributed by atoms with Crippen molar-refractivity contribution in [1.82, 2.24) is 10.3 Å². The van der Waals surface area contributed by atoms with Crippen LogP contribution in [0.5, 0.6) is 0 Å². The van der Waals surface area contributed by atoms with Gasteiger partial charge in [0.05, 0.1) is 5.69 Å². The van der Waals surface area contributed by atoms with E-state index in [0.717, 1.165) is 19.6 Å². The summed E-state index contributed by atoms with van der Waals surface area (Å²) < 4.78 is 0. The smallest absolute Gasteiger partial charge is 0.185 e. The summed E-state index contributed by atoms with van der Waals surface area (Å²) in [6.45, 7) is 9.90. The molecule has 17 heavy (non-hydrogen) atoms. The number of thioether (sulfide) groups is 1. The molecule has 0 aromatic carbocycles. The van der Waals surface area contributed by atoms with Gasteiger partial charge >= 0.3 is 0 Å². The third kappa shape index (κ3) is 3.14. The number of nitrogens with zero attached hydrogens (tertiary/aromatic N) is 2. The van der Waals surface area contributed by atoms with E-state index in [1.807, 2.05) is 18.4 Å². The van der Waals surface area contributed by atoms with Crippen molar-refractivity contribution >= 4 is 28.2 Å². The summed E-state index contributed by atoms with van der Waals surface area (Å²) in [5, 5.41) is 5.82. The van der Waals surface area contributed by atoms with Gasteiger partial charge in [-0.3, -0.25) is 0 Å². The van der Waals surface area contributed by atoms with Gasteiger partial charge < -0.3 is 10.2 Å². The van der Waals surface area contributed by atoms with E-state index in [9.17, 15) is 0 Å². The lowest BCUT2D eigenvalue weighted by molar-refractivity contribution is 0.725. The standard InChI is InChI=1S/C12H21N3S2/c1-8-6-15(7-9(2)16-8)12-14-10(3)11(17-12)5-13-4/h8-9,13H,5-7H2,1-4H3. The molecule has 3 nitrogen and oxygen atoms in total. The zero-order valence-electron chi connectivity index (χ0n) is 11.0. The third-order valence-corrected chi connectivity index (χ3v) is 5.35. The van der Waals surface area contributed by atoms with Crippen LogP contribution in [0.25, 0.3) is 0 Å². The molecule has 0 saturated carbocycles.